The van der Waals surface area contributed by atoms with Crippen LogP contribution in [-0.2, 0) is 0 Å². The zero-order valence-electron chi connectivity index (χ0n) is 11.6. The Morgan fingerprint density at radius 3 is 2.89 bits per heavy atom. The first kappa shape index (κ1) is 14.4. The Hall–Kier alpha value is -1.06. The van der Waals surface area contributed by atoms with Gasteiger partial charge >= 0.3 is 0 Å². The minimum atomic E-state index is 0.0709. The van der Waals surface area contributed by atoms with Crippen molar-refractivity contribution in [1.29, 1.82) is 0 Å². The predicted octanol–water partition coefficient (Wildman–Crippen LogP) is 2.86. The maximum absolute atomic E-state index is 12.4. The van der Waals surface area contributed by atoms with E-state index in [1.54, 1.807) is 11.0 Å². The van der Waals surface area contributed by atoms with Crippen LogP contribution in [0.2, 0.25) is 5.02 Å². The van der Waals surface area contributed by atoms with Gasteiger partial charge in [-0.1, -0.05) is 18.0 Å². The molecule has 1 unspecified atom stereocenters. The summed E-state index contributed by atoms with van der Waals surface area (Å²) in [6.07, 6.45) is 3.64. The fourth-order valence-corrected chi connectivity index (χ4v) is 2.79. The number of amides is 1. The number of hydrogen-bond acceptors (Lipinski definition) is 2. The van der Waals surface area contributed by atoms with Gasteiger partial charge < -0.3 is 10.2 Å². The molecule has 1 aromatic carbocycles. The molecule has 0 aromatic heterocycles. The monoisotopic (exact) mass is 280 g/mol. The third-order valence-corrected chi connectivity index (χ3v) is 3.91. The number of likely N-dealkylation sites (N-methyl/N-ethyl adjacent to an activating group) is 1. The van der Waals surface area contributed by atoms with Gasteiger partial charge in [-0.3, -0.25) is 4.79 Å². The molecule has 0 saturated carbocycles. The fourth-order valence-electron chi connectivity index (χ4n) is 2.57. The van der Waals surface area contributed by atoms with Crippen LogP contribution in [0.15, 0.2) is 18.2 Å². The Bertz CT molecular complexity index is 455. The van der Waals surface area contributed by atoms with Crippen LogP contribution in [0.4, 0.5) is 0 Å². The average molecular weight is 281 g/mol. The first-order valence-corrected chi connectivity index (χ1v) is 7.20. The van der Waals surface area contributed by atoms with E-state index in [0.29, 0.717) is 11.1 Å². The lowest BCUT2D eigenvalue weighted by atomic mass is 10.0. The summed E-state index contributed by atoms with van der Waals surface area (Å²) in [4.78, 5) is 14.2. The molecule has 0 aliphatic carbocycles. The van der Waals surface area contributed by atoms with Crippen LogP contribution >= 0.6 is 11.6 Å². The number of nitrogens with zero attached hydrogens (tertiary/aromatic N) is 1. The Kier molecular flexibility index (Phi) is 4.83. The summed E-state index contributed by atoms with van der Waals surface area (Å²) in [7, 11) is 1.87. The van der Waals surface area contributed by atoms with Gasteiger partial charge in [-0.2, -0.15) is 0 Å². The van der Waals surface area contributed by atoms with Crippen LogP contribution in [-0.4, -0.2) is 37.0 Å². The normalized spacial score (nSPS) is 19.2. The Morgan fingerprint density at radius 1 is 1.47 bits per heavy atom. The van der Waals surface area contributed by atoms with Crippen molar-refractivity contribution in [2.24, 2.45) is 0 Å². The second kappa shape index (κ2) is 6.40. The highest BCUT2D eigenvalue weighted by Gasteiger charge is 2.19. The first-order chi connectivity index (χ1) is 9.08. The van der Waals surface area contributed by atoms with Crippen molar-refractivity contribution in [3.8, 4) is 0 Å². The molecule has 0 radical (unpaired) electrons. The van der Waals surface area contributed by atoms with Gasteiger partial charge in [0, 0.05) is 30.2 Å². The Labute approximate surface area is 119 Å². The number of nitrogens with one attached hydrogen (secondary N) is 1. The highest BCUT2D eigenvalue weighted by atomic mass is 35.5. The van der Waals surface area contributed by atoms with Crippen LogP contribution in [0.5, 0.6) is 0 Å². The summed E-state index contributed by atoms with van der Waals surface area (Å²) in [5.74, 6) is 0.0709. The van der Waals surface area contributed by atoms with E-state index in [2.05, 4.69) is 5.32 Å². The van der Waals surface area contributed by atoms with E-state index < -0.39 is 0 Å². The summed E-state index contributed by atoms with van der Waals surface area (Å²) in [6.45, 7) is 3.75. The van der Waals surface area contributed by atoms with Crippen LogP contribution in [0.3, 0.4) is 0 Å². The molecule has 0 bridgehead atoms. The second-order valence-electron chi connectivity index (χ2n) is 5.29. The smallest absolute Gasteiger partial charge is 0.253 e. The largest absolute Gasteiger partial charge is 0.340 e. The number of piperidine rings is 1. The summed E-state index contributed by atoms with van der Waals surface area (Å²) < 4.78 is 0. The lowest BCUT2D eigenvalue weighted by Gasteiger charge is -2.28. The summed E-state index contributed by atoms with van der Waals surface area (Å²) in [5.41, 5.74) is 1.67. The molecule has 19 heavy (non-hydrogen) atoms. The van der Waals surface area contributed by atoms with Crippen molar-refractivity contribution in [1.82, 2.24) is 10.2 Å². The van der Waals surface area contributed by atoms with Crippen LogP contribution < -0.4 is 5.32 Å². The molecule has 2 rings (SSSR count). The van der Waals surface area contributed by atoms with E-state index >= 15 is 0 Å². The second-order valence-corrected chi connectivity index (χ2v) is 5.73. The number of hydrogen-bond donors (Lipinski definition) is 1. The highest BCUT2D eigenvalue weighted by Crippen LogP contribution is 2.17. The molecule has 4 heteroatoms. The van der Waals surface area contributed by atoms with Gasteiger partial charge in [0.15, 0.2) is 0 Å². The molecule has 1 fully saturated rings. The molecule has 1 aliphatic heterocycles. The number of benzene rings is 1. The molecular formula is C15H21ClN2O. The molecule has 3 nitrogen and oxygen atoms in total. The minimum absolute atomic E-state index is 0.0709. The first-order valence-electron chi connectivity index (χ1n) is 6.83. The van der Waals surface area contributed by atoms with Crippen molar-refractivity contribution in [3.05, 3.63) is 34.3 Å². The van der Waals surface area contributed by atoms with E-state index in [-0.39, 0.29) is 5.91 Å². The highest BCUT2D eigenvalue weighted by molar-refractivity contribution is 6.30. The van der Waals surface area contributed by atoms with Crippen molar-refractivity contribution in [2.75, 3.05) is 20.1 Å². The van der Waals surface area contributed by atoms with Crippen molar-refractivity contribution >= 4 is 17.5 Å². The molecule has 1 atom stereocenters. The Balaban J connectivity index is 2.01. The molecule has 1 N–H and O–H groups in total. The average Bonchev–Trinajstić information content (AvgIpc) is 2.39. The van der Waals surface area contributed by atoms with Gasteiger partial charge in [0.1, 0.15) is 0 Å². The molecular weight excluding hydrogens is 260 g/mol. The molecule has 1 amide bonds. The molecule has 1 saturated heterocycles. The number of rotatable bonds is 3. The third-order valence-electron chi connectivity index (χ3n) is 3.67. The number of carbonyl (C=O) groups excluding carboxylic acids is 1. The zero-order valence-corrected chi connectivity index (χ0v) is 12.3. The molecule has 1 aromatic rings. The van der Waals surface area contributed by atoms with Gasteiger partial charge in [0.2, 0.25) is 0 Å². The van der Waals surface area contributed by atoms with E-state index in [1.807, 2.05) is 26.1 Å². The lowest BCUT2D eigenvalue weighted by Crippen LogP contribution is -2.44. The number of halogens is 1. The van der Waals surface area contributed by atoms with E-state index in [0.717, 1.165) is 30.6 Å². The standard InChI is InChI=1S/C15H21ClN2O/c1-11-9-12(16)6-7-14(11)15(19)18(2)10-13-5-3-4-8-17-13/h6-7,9,13,17H,3-5,8,10H2,1-2H3. The minimum Gasteiger partial charge on any atom is -0.340 e. The quantitative estimate of drug-likeness (QED) is 0.923. The van der Waals surface area contributed by atoms with E-state index in [4.69, 9.17) is 11.6 Å². The number of carbonyl (C=O) groups is 1. The van der Waals surface area contributed by atoms with Gasteiger partial charge in [-0.05, 0) is 50.1 Å². The van der Waals surface area contributed by atoms with Crippen molar-refractivity contribution in [2.45, 2.75) is 32.2 Å². The summed E-state index contributed by atoms with van der Waals surface area (Å²) in [6, 6.07) is 5.84. The van der Waals surface area contributed by atoms with Crippen LogP contribution in [0, 0.1) is 6.92 Å². The van der Waals surface area contributed by atoms with Gasteiger partial charge in [0.05, 0.1) is 0 Å². The molecule has 1 aliphatic rings. The van der Waals surface area contributed by atoms with E-state index in [9.17, 15) is 4.79 Å². The van der Waals surface area contributed by atoms with Crippen molar-refractivity contribution < 1.29 is 4.79 Å². The van der Waals surface area contributed by atoms with Gasteiger partial charge in [0.25, 0.3) is 5.91 Å². The lowest BCUT2D eigenvalue weighted by molar-refractivity contribution is 0.0774. The number of aryl methyl sites for hydroxylation is 1. The molecule has 1 heterocycles. The van der Waals surface area contributed by atoms with E-state index in [1.165, 1.54) is 12.8 Å². The SMILES string of the molecule is Cc1cc(Cl)ccc1C(=O)N(C)CC1CCCCN1. The van der Waals surface area contributed by atoms with Crippen LogP contribution in [0.25, 0.3) is 0 Å². The molecule has 104 valence electrons. The molecule has 0 spiro atoms. The summed E-state index contributed by atoms with van der Waals surface area (Å²) >= 11 is 5.92. The fraction of sp³-hybridized carbons (Fsp3) is 0.533. The van der Waals surface area contributed by atoms with Crippen LogP contribution in [0.1, 0.15) is 35.2 Å². The zero-order chi connectivity index (χ0) is 13.8. The van der Waals surface area contributed by atoms with Crippen molar-refractivity contribution in [3.63, 3.8) is 0 Å². The van der Waals surface area contributed by atoms with Gasteiger partial charge in [-0.15, -0.1) is 0 Å². The predicted molar refractivity (Wildman–Crippen MR) is 78.8 cm³/mol. The summed E-state index contributed by atoms with van der Waals surface area (Å²) in [5, 5.41) is 4.14. The third kappa shape index (κ3) is 3.71. The van der Waals surface area contributed by atoms with Gasteiger partial charge in [-0.25, -0.2) is 0 Å². The topological polar surface area (TPSA) is 32.3 Å². The maximum Gasteiger partial charge on any atom is 0.253 e. The maximum atomic E-state index is 12.4. The Morgan fingerprint density at radius 2 is 2.26 bits per heavy atom.